The van der Waals surface area contributed by atoms with Gasteiger partial charge in [0.15, 0.2) is 0 Å². The third-order valence-corrected chi connectivity index (χ3v) is 5.63. The summed E-state index contributed by atoms with van der Waals surface area (Å²) in [4.78, 5) is 43.7. The van der Waals surface area contributed by atoms with Gasteiger partial charge in [0.05, 0.1) is 13.0 Å². The van der Waals surface area contributed by atoms with Crippen molar-refractivity contribution in [1.29, 1.82) is 0 Å². The minimum absolute atomic E-state index is 0.145. The molecule has 1 aromatic heterocycles. The molecule has 33 heavy (non-hydrogen) atoms. The van der Waals surface area contributed by atoms with Crippen LogP contribution in [0.5, 0.6) is 5.75 Å². The van der Waals surface area contributed by atoms with Gasteiger partial charge in [-0.25, -0.2) is 4.98 Å². The molecule has 2 aromatic rings. The van der Waals surface area contributed by atoms with E-state index in [4.69, 9.17) is 4.74 Å². The van der Waals surface area contributed by atoms with Crippen molar-refractivity contribution >= 4 is 29.6 Å². The van der Waals surface area contributed by atoms with Crippen molar-refractivity contribution in [1.82, 2.24) is 15.2 Å². The average Bonchev–Trinajstić information content (AvgIpc) is 2.84. The summed E-state index contributed by atoms with van der Waals surface area (Å²) in [5.41, 5.74) is 1.73. The van der Waals surface area contributed by atoms with E-state index in [1.54, 1.807) is 31.2 Å². The number of piperidine rings is 1. The predicted molar refractivity (Wildman–Crippen MR) is 127 cm³/mol. The first-order chi connectivity index (χ1) is 15.9. The molecular formula is C25H30N4O4. The Morgan fingerprint density at radius 1 is 1.21 bits per heavy atom. The van der Waals surface area contributed by atoms with Crippen LogP contribution < -0.4 is 15.4 Å². The number of ether oxygens (including phenoxy) is 1. The Balaban J connectivity index is 1.52. The first-order valence-electron chi connectivity index (χ1n) is 11.0. The van der Waals surface area contributed by atoms with Crippen molar-refractivity contribution in [2.24, 2.45) is 5.92 Å². The molecule has 0 spiro atoms. The Labute approximate surface area is 194 Å². The number of anilines is 1. The third-order valence-electron chi connectivity index (χ3n) is 5.63. The molecule has 1 fully saturated rings. The van der Waals surface area contributed by atoms with Crippen LogP contribution in [0, 0.1) is 12.8 Å². The Hall–Kier alpha value is -3.68. The van der Waals surface area contributed by atoms with Gasteiger partial charge in [-0.1, -0.05) is 18.2 Å². The van der Waals surface area contributed by atoms with Crippen LogP contribution in [0.1, 0.15) is 30.9 Å². The molecule has 1 aromatic carbocycles. The molecule has 2 N–H and O–H groups in total. The number of benzene rings is 1. The van der Waals surface area contributed by atoms with Gasteiger partial charge in [-0.15, -0.1) is 0 Å². The molecule has 0 radical (unpaired) electrons. The zero-order chi connectivity index (χ0) is 23.8. The fourth-order valence-electron chi connectivity index (χ4n) is 3.71. The molecular weight excluding hydrogens is 420 g/mol. The van der Waals surface area contributed by atoms with Gasteiger partial charge in [-0.05, 0) is 62.1 Å². The molecule has 1 saturated heterocycles. The molecule has 0 aliphatic carbocycles. The molecule has 2 unspecified atom stereocenters. The summed E-state index contributed by atoms with van der Waals surface area (Å²) in [7, 11) is 1.59. The number of aryl methyl sites for hydroxylation is 1. The molecule has 1 aliphatic heterocycles. The summed E-state index contributed by atoms with van der Waals surface area (Å²) in [6.45, 7) is 4.42. The molecule has 8 nitrogen and oxygen atoms in total. The smallest absolute Gasteiger partial charge is 0.244 e. The van der Waals surface area contributed by atoms with Crippen molar-refractivity contribution in [3.63, 3.8) is 0 Å². The molecule has 0 saturated carbocycles. The van der Waals surface area contributed by atoms with Gasteiger partial charge in [0, 0.05) is 25.4 Å². The van der Waals surface area contributed by atoms with E-state index in [2.05, 4.69) is 15.6 Å². The van der Waals surface area contributed by atoms with Gasteiger partial charge in [-0.3, -0.25) is 14.4 Å². The van der Waals surface area contributed by atoms with Gasteiger partial charge in [-0.2, -0.15) is 0 Å². The summed E-state index contributed by atoms with van der Waals surface area (Å²) >= 11 is 0. The number of rotatable bonds is 7. The van der Waals surface area contributed by atoms with Crippen molar-refractivity contribution in [2.45, 2.75) is 32.7 Å². The lowest BCUT2D eigenvalue weighted by Crippen LogP contribution is -2.51. The number of hydrogen-bond acceptors (Lipinski definition) is 5. The zero-order valence-electron chi connectivity index (χ0n) is 19.2. The molecule has 3 rings (SSSR count). The number of likely N-dealkylation sites (tertiary alicyclic amines) is 1. The van der Waals surface area contributed by atoms with Crippen LogP contribution in [0.4, 0.5) is 5.82 Å². The van der Waals surface area contributed by atoms with Crippen LogP contribution in [0.3, 0.4) is 0 Å². The second kappa shape index (κ2) is 11.3. The van der Waals surface area contributed by atoms with E-state index >= 15 is 0 Å². The van der Waals surface area contributed by atoms with E-state index < -0.39 is 6.04 Å². The van der Waals surface area contributed by atoms with E-state index in [0.717, 1.165) is 23.3 Å². The molecule has 174 valence electrons. The van der Waals surface area contributed by atoms with Gasteiger partial charge < -0.3 is 20.3 Å². The lowest BCUT2D eigenvalue weighted by molar-refractivity contribution is -0.138. The highest BCUT2D eigenvalue weighted by Crippen LogP contribution is 2.20. The molecule has 8 heteroatoms. The zero-order valence-corrected chi connectivity index (χ0v) is 19.2. The minimum atomic E-state index is -0.696. The highest BCUT2D eigenvalue weighted by Gasteiger charge is 2.31. The first kappa shape index (κ1) is 24.0. The Morgan fingerprint density at radius 3 is 2.67 bits per heavy atom. The highest BCUT2D eigenvalue weighted by molar-refractivity contribution is 5.96. The number of amides is 3. The van der Waals surface area contributed by atoms with Crippen molar-refractivity contribution in [3.05, 3.63) is 59.8 Å². The number of nitrogens with one attached hydrogen (secondary N) is 2. The number of carbonyl (C=O) groups is 3. The van der Waals surface area contributed by atoms with Crippen molar-refractivity contribution in [2.75, 3.05) is 25.5 Å². The average molecular weight is 451 g/mol. The largest absolute Gasteiger partial charge is 0.497 e. The van der Waals surface area contributed by atoms with Gasteiger partial charge >= 0.3 is 0 Å². The number of carbonyl (C=O) groups excluding carboxylic acids is 3. The molecule has 2 atom stereocenters. The van der Waals surface area contributed by atoms with Crippen molar-refractivity contribution < 1.29 is 19.1 Å². The number of pyridine rings is 1. The molecule has 2 heterocycles. The van der Waals surface area contributed by atoms with E-state index in [0.29, 0.717) is 25.3 Å². The summed E-state index contributed by atoms with van der Waals surface area (Å²) in [6, 6.07) is 10.3. The summed E-state index contributed by atoms with van der Waals surface area (Å²) in [5, 5.41) is 5.57. The first-order valence-corrected chi connectivity index (χ1v) is 11.0. The van der Waals surface area contributed by atoms with Crippen LogP contribution >= 0.6 is 0 Å². The Morgan fingerprint density at radius 2 is 1.97 bits per heavy atom. The summed E-state index contributed by atoms with van der Waals surface area (Å²) in [6.07, 6.45) is 6.13. The van der Waals surface area contributed by atoms with Crippen LogP contribution in [0.25, 0.3) is 6.08 Å². The van der Waals surface area contributed by atoms with Gasteiger partial charge in [0.1, 0.15) is 17.6 Å². The monoisotopic (exact) mass is 450 g/mol. The SMILES string of the molecule is COc1ccc(/C=C/C(=O)NC(C)C(=O)N2CCCC(C(=O)Nc3ncccc3C)C2)cc1. The normalized spacial score (nSPS) is 16.8. The summed E-state index contributed by atoms with van der Waals surface area (Å²) in [5.74, 6) is 0.251. The fraction of sp³-hybridized carbons (Fsp3) is 0.360. The summed E-state index contributed by atoms with van der Waals surface area (Å²) < 4.78 is 5.11. The molecule has 3 amide bonds. The lowest BCUT2D eigenvalue weighted by atomic mass is 9.96. The van der Waals surface area contributed by atoms with Gasteiger partial charge in [0.25, 0.3) is 0 Å². The Bertz CT molecular complexity index is 1020. The highest BCUT2D eigenvalue weighted by atomic mass is 16.5. The maximum atomic E-state index is 12.9. The van der Waals surface area contributed by atoms with E-state index in [-0.39, 0.29) is 23.6 Å². The van der Waals surface area contributed by atoms with E-state index in [1.165, 1.54) is 6.08 Å². The van der Waals surface area contributed by atoms with Crippen molar-refractivity contribution in [3.8, 4) is 5.75 Å². The van der Waals surface area contributed by atoms with Gasteiger partial charge in [0.2, 0.25) is 17.7 Å². The predicted octanol–water partition coefficient (Wildman–Crippen LogP) is 2.79. The maximum Gasteiger partial charge on any atom is 0.244 e. The maximum absolute atomic E-state index is 12.9. The second-order valence-electron chi connectivity index (χ2n) is 8.12. The molecule has 1 aliphatic rings. The van der Waals surface area contributed by atoms with Crippen LogP contribution in [-0.2, 0) is 14.4 Å². The second-order valence-corrected chi connectivity index (χ2v) is 8.12. The van der Waals surface area contributed by atoms with Crippen LogP contribution in [0.2, 0.25) is 0 Å². The standard InChI is InChI=1S/C25H30N4O4/c1-17-6-4-14-26-23(17)28-24(31)20-7-5-15-29(16-20)25(32)18(2)27-22(30)13-10-19-8-11-21(33-3)12-9-19/h4,6,8-14,18,20H,5,7,15-16H2,1-3H3,(H,27,30)(H,26,28,31)/b13-10+. The van der Waals surface area contributed by atoms with Crippen LogP contribution in [0.15, 0.2) is 48.7 Å². The Kier molecular flexibility index (Phi) is 8.18. The number of nitrogens with zero attached hydrogens (tertiary/aromatic N) is 2. The fourth-order valence-corrected chi connectivity index (χ4v) is 3.71. The van der Waals surface area contributed by atoms with Crippen LogP contribution in [-0.4, -0.2) is 53.8 Å². The quantitative estimate of drug-likeness (QED) is 0.632. The number of hydrogen-bond donors (Lipinski definition) is 2. The van der Waals surface area contributed by atoms with E-state index in [1.807, 2.05) is 43.3 Å². The number of aromatic nitrogens is 1. The topological polar surface area (TPSA) is 101 Å². The minimum Gasteiger partial charge on any atom is -0.497 e. The third kappa shape index (κ3) is 6.65. The molecule has 0 bridgehead atoms. The number of methoxy groups -OCH3 is 1. The lowest BCUT2D eigenvalue weighted by Gasteiger charge is -2.33. The van der Waals surface area contributed by atoms with E-state index in [9.17, 15) is 14.4 Å².